The first-order valence-corrected chi connectivity index (χ1v) is 10.7. The molecule has 1 heteroatoms. The molecule has 0 aliphatic heterocycles. The summed E-state index contributed by atoms with van der Waals surface area (Å²) in [5, 5.41) is 3.03. The lowest BCUT2D eigenvalue weighted by molar-refractivity contribution is 0.673. The van der Waals surface area contributed by atoms with Crippen LogP contribution in [-0.2, 0) is 0 Å². The molecule has 0 saturated carbocycles. The van der Waals surface area contributed by atoms with Crippen molar-refractivity contribution < 1.29 is 0 Å². The highest BCUT2D eigenvalue weighted by molar-refractivity contribution is 7.73. The number of allylic oxidation sites excluding steroid dienone is 4. The summed E-state index contributed by atoms with van der Waals surface area (Å²) in [5.74, 6) is 1.54. The molecule has 0 amide bonds. The Hall–Kier alpha value is -1.65. The van der Waals surface area contributed by atoms with Crippen LogP contribution in [0.5, 0.6) is 0 Å². The highest BCUT2D eigenvalue weighted by Crippen LogP contribution is 2.41. The minimum absolute atomic E-state index is 0.214. The van der Waals surface area contributed by atoms with Gasteiger partial charge in [0, 0.05) is 0 Å². The van der Waals surface area contributed by atoms with Crippen molar-refractivity contribution in [2.45, 2.75) is 25.7 Å². The van der Waals surface area contributed by atoms with Gasteiger partial charge >= 0.3 is 0 Å². The lowest BCUT2D eigenvalue weighted by atomic mass is 9.98. The molecular weight excluding hydrogens is 307 g/mol. The molecular formula is C23H25P. The molecule has 122 valence electrons. The van der Waals surface area contributed by atoms with Crippen molar-refractivity contribution in [1.82, 2.24) is 0 Å². The summed E-state index contributed by atoms with van der Waals surface area (Å²) in [7, 11) is -0.214. The van der Waals surface area contributed by atoms with Crippen molar-refractivity contribution in [3.8, 4) is 0 Å². The largest absolute Gasteiger partial charge is 0.0810 e. The van der Waals surface area contributed by atoms with Crippen molar-refractivity contribution in [2.75, 3.05) is 6.16 Å². The minimum Gasteiger partial charge on any atom is -0.0810 e. The van der Waals surface area contributed by atoms with Gasteiger partial charge in [-0.25, -0.2) is 0 Å². The standard InChI is InChI=1S/C23H25P/c1-3-10-22(11-4-1)24(23-12-5-2-6-13-23)16-8-7-9-20-17-19-14-15-21(20)18-19/h1-6,10-15,17,19,21H,7-9,16,18H2. The molecule has 2 aliphatic rings. The molecule has 2 atom stereocenters. The van der Waals surface area contributed by atoms with Gasteiger partial charge < -0.3 is 0 Å². The first-order valence-electron chi connectivity index (χ1n) is 9.17. The summed E-state index contributed by atoms with van der Waals surface area (Å²) in [6, 6.07) is 22.2. The Morgan fingerprint density at radius 3 is 2.00 bits per heavy atom. The Kier molecular flexibility index (Phi) is 4.95. The van der Waals surface area contributed by atoms with E-state index in [9.17, 15) is 0 Å². The van der Waals surface area contributed by atoms with Crippen LogP contribution in [-0.4, -0.2) is 6.16 Å². The molecule has 4 rings (SSSR count). The number of fused-ring (bicyclic) bond motifs is 2. The van der Waals surface area contributed by atoms with Gasteiger partial charge in [0.2, 0.25) is 0 Å². The smallest absolute Gasteiger partial charge is 0.00143 e. The molecule has 0 nitrogen and oxygen atoms in total. The molecule has 0 radical (unpaired) electrons. The highest BCUT2D eigenvalue weighted by atomic mass is 31.1. The lowest BCUT2D eigenvalue weighted by Gasteiger charge is -2.19. The highest BCUT2D eigenvalue weighted by Gasteiger charge is 2.27. The number of hydrogen-bond donors (Lipinski definition) is 0. The van der Waals surface area contributed by atoms with Crippen LogP contribution in [0, 0.1) is 11.8 Å². The van der Waals surface area contributed by atoms with Gasteiger partial charge in [0.05, 0.1) is 0 Å². The number of unbranched alkanes of at least 4 members (excludes halogenated alkanes) is 1. The predicted octanol–water partition coefficient (Wildman–Crippen LogP) is 5.42. The Morgan fingerprint density at radius 1 is 0.792 bits per heavy atom. The maximum atomic E-state index is 2.53. The Balaban J connectivity index is 1.37. The summed E-state index contributed by atoms with van der Waals surface area (Å²) in [6.07, 6.45) is 14.0. The fourth-order valence-electron chi connectivity index (χ4n) is 4.02. The summed E-state index contributed by atoms with van der Waals surface area (Å²) in [4.78, 5) is 0. The van der Waals surface area contributed by atoms with Crippen LogP contribution in [0.3, 0.4) is 0 Å². The van der Waals surface area contributed by atoms with Crippen LogP contribution in [0.25, 0.3) is 0 Å². The molecule has 2 aliphatic carbocycles. The maximum absolute atomic E-state index is 2.53. The predicted molar refractivity (Wildman–Crippen MR) is 107 cm³/mol. The second-order valence-corrected chi connectivity index (χ2v) is 9.25. The van der Waals surface area contributed by atoms with E-state index in [-0.39, 0.29) is 7.92 Å². The van der Waals surface area contributed by atoms with Crippen LogP contribution in [0.2, 0.25) is 0 Å². The van der Waals surface area contributed by atoms with Crippen molar-refractivity contribution in [3.63, 3.8) is 0 Å². The average Bonchev–Trinajstić information content (AvgIpc) is 3.26. The molecule has 0 spiro atoms. The van der Waals surface area contributed by atoms with Crippen LogP contribution in [0.15, 0.2) is 84.5 Å². The van der Waals surface area contributed by atoms with Crippen molar-refractivity contribution in [1.29, 1.82) is 0 Å². The third kappa shape index (κ3) is 3.55. The number of benzene rings is 2. The molecule has 0 heterocycles. The number of hydrogen-bond acceptors (Lipinski definition) is 0. The molecule has 0 saturated heterocycles. The van der Waals surface area contributed by atoms with Gasteiger partial charge in [0.1, 0.15) is 0 Å². The molecule has 2 aromatic rings. The fourth-order valence-corrected chi connectivity index (χ4v) is 6.43. The molecule has 2 unspecified atom stereocenters. The van der Waals surface area contributed by atoms with E-state index in [1.54, 1.807) is 5.57 Å². The quantitative estimate of drug-likeness (QED) is 0.361. The van der Waals surface area contributed by atoms with E-state index in [2.05, 4.69) is 78.9 Å². The normalized spacial score (nSPS) is 21.5. The van der Waals surface area contributed by atoms with Gasteiger partial charge in [-0.1, -0.05) is 84.5 Å². The topological polar surface area (TPSA) is 0 Å². The van der Waals surface area contributed by atoms with Crippen LogP contribution in [0.4, 0.5) is 0 Å². The lowest BCUT2D eigenvalue weighted by Crippen LogP contribution is -2.13. The Bertz CT molecular complexity index is 675. The molecule has 0 N–H and O–H groups in total. The van der Waals surface area contributed by atoms with Gasteiger partial charge in [0.15, 0.2) is 0 Å². The second kappa shape index (κ2) is 7.49. The zero-order chi connectivity index (χ0) is 16.2. The van der Waals surface area contributed by atoms with Gasteiger partial charge in [-0.2, -0.15) is 0 Å². The van der Waals surface area contributed by atoms with E-state index in [1.807, 2.05) is 0 Å². The third-order valence-corrected chi connectivity index (χ3v) is 7.86. The monoisotopic (exact) mass is 332 g/mol. The minimum atomic E-state index is -0.214. The molecule has 0 fully saturated rings. The van der Waals surface area contributed by atoms with Crippen LogP contribution >= 0.6 is 7.92 Å². The van der Waals surface area contributed by atoms with E-state index in [4.69, 9.17) is 0 Å². The summed E-state index contributed by atoms with van der Waals surface area (Å²) >= 11 is 0. The van der Waals surface area contributed by atoms with E-state index < -0.39 is 0 Å². The van der Waals surface area contributed by atoms with E-state index in [0.29, 0.717) is 0 Å². The maximum Gasteiger partial charge on any atom is -0.00143 e. The fraction of sp³-hybridized carbons (Fsp3) is 0.304. The molecule has 2 aromatic carbocycles. The van der Waals surface area contributed by atoms with Gasteiger partial charge in [-0.15, -0.1) is 0 Å². The Morgan fingerprint density at radius 2 is 1.46 bits per heavy atom. The average molecular weight is 332 g/mol. The zero-order valence-corrected chi connectivity index (χ0v) is 15.0. The van der Waals surface area contributed by atoms with Crippen molar-refractivity contribution in [3.05, 3.63) is 84.5 Å². The third-order valence-electron chi connectivity index (χ3n) is 5.25. The van der Waals surface area contributed by atoms with E-state index >= 15 is 0 Å². The van der Waals surface area contributed by atoms with Crippen LogP contribution < -0.4 is 10.6 Å². The van der Waals surface area contributed by atoms with E-state index in [0.717, 1.165) is 11.8 Å². The Labute approximate surface area is 147 Å². The molecule has 24 heavy (non-hydrogen) atoms. The van der Waals surface area contributed by atoms with Gasteiger partial charge in [0.25, 0.3) is 0 Å². The summed E-state index contributed by atoms with van der Waals surface area (Å²) in [6.45, 7) is 0. The second-order valence-electron chi connectivity index (χ2n) is 6.91. The van der Waals surface area contributed by atoms with E-state index in [1.165, 1.54) is 42.5 Å². The SMILES string of the molecule is C1=CC2CC1C=C2CCCCP(c1ccccc1)c1ccccc1. The van der Waals surface area contributed by atoms with Gasteiger partial charge in [-0.05, 0) is 62.2 Å². The first-order chi connectivity index (χ1) is 11.9. The van der Waals surface area contributed by atoms with Crippen molar-refractivity contribution in [2.24, 2.45) is 11.8 Å². The molecule has 2 bridgehead atoms. The zero-order valence-electron chi connectivity index (χ0n) is 14.1. The summed E-state index contributed by atoms with van der Waals surface area (Å²) < 4.78 is 0. The van der Waals surface area contributed by atoms with Crippen LogP contribution in [0.1, 0.15) is 25.7 Å². The van der Waals surface area contributed by atoms with Gasteiger partial charge in [-0.3, -0.25) is 0 Å². The molecule has 0 aromatic heterocycles. The van der Waals surface area contributed by atoms with Crippen molar-refractivity contribution >= 4 is 18.5 Å². The number of rotatable bonds is 7. The first kappa shape index (κ1) is 15.9. The summed E-state index contributed by atoms with van der Waals surface area (Å²) in [5.41, 5.74) is 1.71.